The highest BCUT2D eigenvalue weighted by atomic mass is 32.1. The van der Waals surface area contributed by atoms with E-state index in [1.54, 1.807) is 0 Å². The first-order valence-corrected chi connectivity index (χ1v) is 9.79. The number of fused-ring (bicyclic) bond motifs is 1. The third-order valence-electron chi connectivity index (χ3n) is 4.58. The molecular weight excluding hydrogens is 364 g/mol. The topological polar surface area (TPSA) is 82.3 Å². The SMILES string of the molecule is O=C(CCC(=O)c1ccc2c(c1)CCC2)OCc1nc(-c2ccsc2)no1. The van der Waals surface area contributed by atoms with E-state index in [1.807, 2.05) is 35.0 Å². The van der Waals surface area contributed by atoms with E-state index >= 15 is 0 Å². The molecule has 0 amide bonds. The summed E-state index contributed by atoms with van der Waals surface area (Å²) >= 11 is 1.54. The van der Waals surface area contributed by atoms with Crippen LogP contribution in [-0.4, -0.2) is 21.9 Å². The summed E-state index contributed by atoms with van der Waals surface area (Å²) in [7, 11) is 0. The van der Waals surface area contributed by atoms with Gasteiger partial charge in [0.15, 0.2) is 12.4 Å². The predicted octanol–water partition coefficient (Wildman–Crippen LogP) is 3.99. The number of Topliss-reactive ketones (excluding diaryl/α,β-unsaturated/α-hetero) is 1. The summed E-state index contributed by atoms with van der Waals surface area (Å²) in [5.41, 5.74) is 4.11. The number of ether oxygens (including phenoxy) is 1. The molecule has 1 aromatic carbocycles. The van der Waals surface area contributed by atoms with Gasteiger partial charge in [-0.2, -0.15) is 16.3 Å². The molecule has 7 heteroatoms. The van der Waals surface area contributed by atoms with Crippen molar-refractivity contribution in [3.63, 3.8) is 0 Å². The lowest BCUT2D eigenvalue weighted by atomic mass is 10.0. The number of rotatable bonds is 7. The zero-order chi connectivity index (χ0) is 18.6. The zero-order valence-electron chi connectivity index (χ0n) is 14.6. The van der Waals surface area contributed by atoms with Crippen LogP contribution in [0.5, 0.6) is 0 Å². The van der Waals surface area contributed by atoms with Crippen molar-refractivity contribution in [1.82, 2.24) is 10.1 Å². The first-order chi connectivity index (χ1) is 13.2. The van der Waals surface area contributed by atoms with Crippen molar-refractivity contribution in [2.45, 2.75) is 38.7 Å². The molecule has 6 nitrogen and oxygen atoms in total. The average Bonchev–Trinajstić information content (AvgIpc) is 3.44. The monoisotopic (exact) mass is 382 g/mol. The van der Waals surface area contributed by atoms with E-state index in [1.165, 1.54) is 22.5 Å². The lowest BCUT2D eigenvalue weighted by Gasteiger charge is -2.05. The van der Waals surface area contributed by atoms with Crippen molar-refractivity contribution < 1.29 is 18.8 Å². The molecule has 27 heavy (non-hydrogen) atoms. The molecule has 2 heterocycles. The Bertz CT molecular complexity index is 962. The van der Waals surface area contributed by atoms with Crippen LogP contribution in [0, 0.1) is 0 Å². The van der Waals surface area contributed by atoms with Crippen molar-refractivity contribution in [3.05, 3.63) is 57.6 Å². The summed E-state index contributed by atoms with van der Waals surface area (Å²) in [6.07, 6.45) is 3.40. The van der Waals surface area contributed by atoms with E-state index in [0.717, 1.165) is 24.8 Å². The molecule has 0 unspecified atom stereocenters. The van der Waals surface area contributed by atoms with E-state index in [0.29, 0.717) is 11.4 Å². The highest BCUT2D eigenvalue weighted by molar-refractivity contribution is 7.08. The van der Waals surface area contributed by atoms with Crippen molar-refractivity contribution in [2.24, 2.45) is 0 Å². The molecule has 0 spiro atoms. The van der Waals surface area contributed by atoms with E-state index < -0.39 is 5.97 Å². The van der Waals surface area contributed by atoms with Gasteiger partial charge in [0.25, 0.3) is 5.89 Å². The van der Waals surface area contributed by atoms with Crippen LogP contribution < -0.4 is 0 Å². The number of benzene rings is 1. The molecule has 0 aliphatic heterocycles. The molecule has 1 aliphatic rings. The Morgan fingerprint density at radius 1 is 1.15 bits per heavy atom. The van der Waals surface area contributed by atoms with Gasteiger partial charge in [0, 0.05) is 22.9 Å². The van der Waals surface area contributed by atoms with Crippen LogP contribution in [0.4, 0.5) is 0 Å². The zero-order valence-corrected chi connectivity index (χ0v) is 15.5. The summed E-state index contributed by atoms with van der Waals surface area (Å²) in [6, 6.07) is 7.72. The number of ketones is 1. The molecular formula is C20H18N2O4S. The minimum Gasteiger partial charge on any atom is -0.456 e. The van der Waals surface area contributed by atoms with E-state index in [4.69, 9.17) is 9.26 Å². The van der Waals surface area contributed by atoms with Crippen molar-refractivity contribution >= 4 is 23.1 Å². The first-order valence-electron chi connectivity index (χ1n) is 8.85. The number of aryl methyl sites for hydroxylation is 2. The molecule has 0 radical (unpaired) electrons. The number of aromatic nitrogens is 2. The van der Waals surface area contributed by atoms with Crippen LogP contribution in [0.3, 0.4) is 0 Å². The summed E-state index contributed by atoms with van der Waals surface area (Å²) < 4.78 is 10.2. The maximum Gasteiger partial charge on any atom is 0.306 e. The Hall–Kier alpha value is -2.80. The minimum atomic E-state index is -0.459. The maximum atomic E-state index is 12.3. The normalized spacial score (nSPS) is 12.7. The van der Waals surface area contributed by atoms with E-state index in [9.17, 15) is 9.59 Å². The molecule has 4 rings (SSSR count). The lowest BCUT2D eigenvalue weighted by Crippen LogP contribution is -2.08. The molecule has 138 valence electrons. The van der Waals surface area contributed by atoms with Gasteiger partial charge in [-0.25, -0.2) is 0 Å². The maximum absolute atomic E-state index is 12.3. The van der Waals surface area contributed by atoms with Crippen LogP contribution in [0.15, 0.2) is 39.5 Å². The van der Waals surface area contributed by atoms with Gasteiger partial charge < -0.3 is 9.26 Å². The van der Waals surface area contributed by atoms with Gasteiger partial charge in [0.1, 0.15) is 0 Å². The van der Waals surface area contributed by atoms with Crippen LogP contribution >= 0.6 is 11.3 Å². The Kier molecular flexibility index (Phi) is 5.11. The second kappa shape index (κ2) is 7.84. The van der Waals surface area contributed by atoms with Gasteiger partial charge in [-0.3, -0.25) is 9.59 Å². The smallest absolute Gasteiger partial charge is 0.306 e. The third kappa shape index (κ3) is 4.14. The number of esters is 1. The molecule has 0 bridgehead atoms. The Labute approximate surface area is 160 Å². The highest BCUT2D eigenvalue weighted by Crippen LogP contribution is 2.23. The number of carbonyl (C=O) groups is 2. The Morgan fingerprint density at radius 3 is 2.89 bits per heavy atom. The molecule has 1 aliphatic carbocycles. The van der Waals surface area contributed by atoms with Crippen molar-refractivity contribution in [2.75, 3.05) is 0 Å². The van der Waals surface area contributed by atoms with Crippen LogP contribution in [0.1, 0.15) is 46.6 Å². The number of nitrogens with zero attached hydrogens (tertiary/aromatic N) is 2. The van der Waals surface area contributed by atoms with Gasteiger partial charge in [-0.1, -0.05) is 17.3 Å². The summed E-state index contributed by atoms with van der Waals surface area (Å²) in [5.74, 6) is 0.197. The largest absolute Gasteiger partial charge is 0.456 e. The molecule has 0 saturated carbocycles. The standard InChI is InChI=1S/C20H18N2O4S/c23-17(15-5-4-13-2-1-3-14(13)10-15)6-7-19(24)25-11-18-21-20(22-26-18)16-8-9-27-12-16/h4-5,8-10,12H,1-3,6-7,11H2. The van der Waals surface area contributed by atoms with Crippen LogP contribution in [-0.2, 0) is 29.0 Å². The molecule has 0 saturated heterocycles. The van der Waals surface area contributed by atoms with Crippen LogP contribution in [0.2, 0.25) is 0 Å². The number of thiophene rings is 1. The molecule has 0 atom stereocenters. The fourth-order valence-electron chi connectivity index (χ4n) is 3.14. The fourth-order valence-corrected chi connectivity index (χ4v) is 3.78. The van der Waals surface area contributed by atoms with Gasteiger partial charge in [0.05, 0.1) is 6.42 Å². The predicted molar refractivity (Wildman–Crippen MR) is 99.4 cm³/mol. The molecule has 3 aromatic rings. The number of carbonyl (C=O) groups excluding carboxylic acids is 2. The summed E-state index contributed by atoms with van der Waals surface area (Å²) in [5, 5.41) is 7.68. The highest BCUT2D eigenvalue weighted by Gasteiger charge is 2.16. The molecule has 0 N–H and O–H groups in total. The minimum absolute atomic E-state index is 0.0292. The molecule has 2 aromatic heterocycles. The second-order valence-corrected chi connectivity index (χ2v) is 7.22. The Morgan fingerprint density at radius 2 is 2.04 bits per heavy atom. The first kappa shape index (κ1) is 17.6. The van der Waals surface area contributed by atoms with E-state index in [2.05, 4.69) is 10.1 Å². The van der Waals surface area contributed by atoms with Gasteiger partial charge in [0.2, 0.25) is 5.82 Å². The van der Waals surface area contributed by atoms with Gasteiger partial charge in [-0.05, 0) is 47.9 Å². The van der Waals surface area contributed by atoms with Crippen molar-refractivity contribution in [1.29, 1.82) is 0 Å². The second-order valence-electron chi connectivity index (χ2n) is 6.44. The lowest BCUT2D eigenvalue weighted by molar-refractivity contribution is -0.145. The van der Waals surface area contributed by atoms with Crippen LogP contribution in [0.25, 0.3) is 11.4 Å². The van der Waals surface area contributed by atoms with Crippen molar-refractivity contribution in [3.8, 4) is 11.4 Å². The molecule has 0 fully saturated rings. The summed E-state index contributed by atoms with van der Waals surface area (Å²) in [6.45, 7) is -0.0942. The Balaban J connectivity index is 1.25. The summed E-state index contributed by atoms with van der Waals surface area (Å²) in [4.78, 5) is 28.4. The number of hydrogen-bond donors (Lipinski definition) is 0. The quantitative estimate of drug-likeness (QED) is 0.454. The van der Waals surface area contributed by atoms with Gasteiger partial charge in [-0.15, -0.1) is 0 Å². The number of hydrogen-bond acceptors (Lipinski definition) is 7. The van der Waals surface area contributed by atoms with Gasteiger partial charge >= 0.3 is 5.97 Å². The average molecular weight is 382 g/mol. The third-order valence-corrected chi connectivity index (χ3v) is 5.26. The van der Waals surface area contributed by atoms with E-state index in [-0.39, 0.29) is 31.1 Å². The fraction of sp³-hybridized carbons (Fsp3) is 0.300.